The maximum absolute atomic E-state index is 4.41. The van der Waals surface area contributed by atoms with E-state index in [2.05, 4.69) is 35.2 Å². The van der Waals surface area contributed by atoms with Crippen LogP contribution in [0.4, 0.5) is 0 Å². The number of hydrogen-bond acceptors (Lipinski definition) is 3. The number of nitrogens with zero attached hydrogens (tertiary/aromatic N) is 2. The first kappa shape index (κ1) is 15.5. The molecule has 0 bridgehead atoms. The topological polar surface area (TPSA) is 28.2 Å². The maximum atomic E-state index is 4.41. The van der Waals surface area contributed by atoms with E-state index in [9.17, 15) is 0 Å². The lowest BCUT2D eigenvalue weighted by atomic mass is 9.94. The predicted octanol–water partition coefficient (Wildman–Crippen LogP) is 3.13. The SMILES string of the molecule is Cc1cccnc1CNCCCN(C)C1CCCCC1. The fourth-order valence-electron chi connectivity index (χ4n) is 3.07. The quantitative estimate of drug-likeness (QED) is 0.775. The van der Waals surface area contributed by atoms with Gasteiger partial charge in [-0.2, -0.15) is 0 Å². The molecule has 0 aromatic carbocycles. The van der Waals surface area contributed by atoms with Crippen LogP contribution in [0.15, 0.2) is 18.3 Å². The smallest absolute Gasteiger partial charge is 0.0570 e. The lowest BCUT2D eigenvalue weighted by Gasteiger charge is -2.31. The molecular formula is C17H29N3. The van der Waals surface area contributed by atoms with Gasteiger partial charge in [0.15, 0.2) is 0 Å². The number of aryl methyl sites for hydroxylation is 1. The minimum absolute atomic E-state index is 0.835. The third-order valence-electron chi connectivity index (χ3n) is 4.47. The fourth-order valence-corrected chi connectivity index (χ4v) is 3.07. The summed E-state index contributed by atoms with van der Waals surface area (Å²) in [6.07, 6.45) is 10.2. The molecule has 112 valence electrons. The van der Waals surface area contributed by atoms with Crippen LogP contribution in [0.25, 0.3) is 0 Å². The largest absolute Gasteiger partial charge is 0.311 e. The van der Waals surface area contributed by atoms with E-state index >= 15 is 0 Å². The van der Waals surface area contributed by atoms with Gasteiger partial charge in [-0.15, -0.1) is 0 Å². The van der Waals surface area contributed by atoms with E-state index in [1.807, 2.05) is 12.3 Å². The molecule has 1 aliphatic carbocycles. The number of aromatic nitrogens is 1. The van der Waals surface area contributed by atoms with Crippen LogP contribution < -0.4 is 5.32 Å². The molecule has 0 radical (unpaired) electrons. The Kier molecular flexibility index (Phi) is 6.48. The van der Waals surface area contributed by atoms with Crippen molar-refractivity contribution >= 4 is 0 Å². The molecule has 3 nitrogen and oxygen atoms in total. The van der Waals surface area contributed by atoms with Crippen LogP contribution in [-0.2, 0) is 6.54 Å². The molecule has 1 aromatic rings. The molecule has 0 saturated heterocycles. The molecule has 2 rings (SSSR count). The summed E-state index contributed by atoms with van der Waals surface area (Å²) in [6, 6.07) is 4.96. The number of hydrogen-bond donors (Lipinski definition) is 1. The van der Waals surface area contributed by atoms with Gasteiger partial charge in [0.2, 0.25) is 0 Å². The standard InChI is InChI=1S/C17H29N3/c1-15-8-6-12-19-17(15)14-18-11-7-13-20(2)16-9-4-3-5-10-16/h6,8,12,16,18H,3-5,7,9-11,13-14H2,1-2H3. The Morgan fingerprint density at radius 3 is 2.85 bits per heavy atom. The molecule has 1 N–H and O–H groups in total. The molecule has 1 aliphatic rings. The third-order valence-corrected chi connectivity index (χ3v) is 4.47. The second-order valence-corrected chi connectivity index (χ2v) is 6.07. The number of rotatable bonds is 7. The average Bonchev–Trinajstić information content (AvgIpc) is 2.49. The molecule has 0 spiro atoms. The van der Waals surface area contributed by atoms with E-state index in [4.69, 9.17) is 0 Å². The molecule has 0 amide bonds. The zero-order valence-corrected chi connectivity index (χ0v) is 13.1. The van der Waals surface area contributed by atoms with E-state index in [0.717, 1.165) is 19.1 Å². The first-order chi connectivity index (χ1) is 9.77. The third kappa shape index (κ3) is 4.88. The van der Waals surface area contributed by atoms with Crippen molar-refractivity contribution in [1.82, 2.24) is 15.2 Å². The van der Waals surface area contributed by atoms with Crippen molar-refractivity contribution in [2.45, 2.75) is 58.0 Å². The summed E-state index contributed by atoms with van der Waals surface area (Å²) >= 11 is 0. The van der Waals surface area contributed by atoms with Gasteiger partial charge in [0.1, 0.15) is 0 Å². The van der Waals surface area contributed by atoms with Gasteiger partial charge in [0.05, 0.1) is 5.69 Å². The van der Waals surface area contributed by atoms with Crippen molar-refractivity contribution in [2.24, 2.45) is 0 Å². The molecule has 3 heteroatoms. The Bertz CT molecular complexity index is 386. The molecule has 1 heterocycles. The molecule has 0 unspecified atom stereocenters. The zero-order valence-electron chi connectivity index (χ0n) is 13.1. The summed E-state index contributed by atoms with van der Waals surface area (Å²) in [4.78, 5) is 6.97. The van der Waals surface area contributed by atoms with Crippen LogP contribution in [0, 0.1) is 6.92 Å². The van der Waals surface area contributed by atoms with Gasteiger partial charge < -0.3 is 10.2 Å². The minimum Gasteiger partial charge on any atom is -0.311 e. The summed E-state index contributed by atoms with van der Waals surface area (Å²) in [5.41, 5.74) is 2.45. The highest BCUT2D eigenvalue weighted by Gasteiger charge is 2.17. The lowest BCUT2D eigenvalue weighted by Crippen LogP contribution is -2.35. The fraction of sp³-hybridized carbons (Fsp3) is 0.706. The highest BCUT2D eigenvalue weighted by Crippen LogP contribution is 2.21. The molecular weight excluding hydrogens is 246 g/mol. The Morgan fingerprint density at radius 1 is 1.30 bits per heavy atom. The monoisotopic (exact) mass is 275 g/mol. The summed E-state index contributed by atoms with van der Waals surface area (Å²) in [5.74, 6) is 0. The Hall–Kier alpha value is -0.930. The summed E-state index contributed by atoms with van der Waals surface area (Å²) in [5, 5.41) is 3.51. The molecule has 1 saturated carbocycles. The van der Waals surface area contributed by atoms with Crippen LogP contribution in [0.5, 0.6) is 0 Å². The van der Waals surface area contributed by atoms with Crippen molar-refractivity contribution in [2.75, 3.05) is 20.1 Å². The van der Waals surface area contributed by atoms with Gasteiger partial charge in [0, 0.05) is 18.8 Å². The molecule has 20 heavy (non-hydrogen) atoms. The summed E-state index contributed by atoms with van der Waals surface area (Å²) < 4.78 is 0. The summed E-state index contributed by atoms with van der Waals surface area (Å²) in [7, 11) is 2.29. The van der Waals surface area contributed by atoms with Crippen molar-refractivity contribution in [1.29, 1.82) is 0 Å². The van der Waals surface area contributed by atoms with Crippen molar-refractivity contribution in [3.8, 4) is 0 Å². The first-order valence-electron chi connectivity index (χ1n) is 8.09. The van der Waals surface area contributed by atoms with Crippen molar-refractivity contribution < 1.29 is 0 Å². The second-order valence-electron chi connectivity index (χ2n) is 6.07. The average molecular weight is 275 g/mol. The molecule has 0 atom stereocenters. The van der Waals surface area contributed by atoms with E-state index in [0.29, 0.717) is 0 Å². The van der Waals surface area contributed by atoms with Gasteiger partial charge in [0.25, 0.3) is 0 Å². The van der Waals surface area contributed by atoms with Crippen molar-refractivity contribution in [3.63, 3.8) is 0 Å². The minimum atomic E-state index is 0.835. The van der Waals surface area contributed by atoms with Crippen LogP contribution in [0.1, 0.15) is 49.8 Å². The highest BCUT2D eigenvalue weighted by molar-refractivity contribution is 5.17. The van der Waals surface area contributed by atoms with Gasteiger partial charge in [-0.3, -0.25) is 4.98 Å². The van der Waals surface area contributed by atoms with Gasteiger partial charge in [-0.1, -0.05) is 25.3 Å². The highest BCUT2D eigenvalue weighted by atomic mass is 15.1. The maximum Gasteiger partial charge on any atom is 0.0570 e. The molecule has 0 aliphatic heterocycles. The number of pyridine rings is 1. The van der Waals surface area contributed by atoms with Crippen LogP contribution in [-0.4, -0.2) is 36.1 Å². The Balaban J connectivity index is 1.58. The van der Waals surface area contributed by atoms with E-state index in [-0.39, 0.29) is 0 Å². The van der Waals surface area contributed by atoms with Gasteiger partial charge >= 0.3 is 0 Å². The van der Waals surface area contributed by atoms with Crippen LogP contribution in [0.3, 0.4) is 0 Å². The lowest BCUT2D eigenvalue weighted by molar-refractivity contribution is 0.189. The van der Waals surface area contributed by atoms with Crippen LogP contribution >= 0.6 is 0 Å². The van der Waals surface area contributed by atoms with Gasteiger partial charge in [-0.25, -0.2) is 0 Å². The first-order valence-corrected chi connectivity index (χ1v) is 8.09. The summed E-state index contributed by atoms with van der Waals surface area (Å²) in [6.45, 7) is 5.30. The van der Waals surface area contributed by atoms with E-state index in [1.165, 1.54) is 56.3 Å². The molecule has 1 fully saturated rings. The van der Waals surface area contributed by atoms with Crippen molar-refractivity contribution in [3.05, 3.63) is 29.6 Å². The number of nitrogens with one attached hydrogen (secondary N) is 1. The predicted molar refractivity (Wildman–Crippen MR) is 84.8 cm³/mol. The zero-order chi connectivity index (χ0) is 14.2. The van der Waals surface area contributed by atoms with Gasteiger partial charge in [-0.05, 0) is 58.0 Å². The Morgan fingerprint density at radius 2 is 2.10 bits per heavy atom. The Labute approximate surface area is 123 Å². The second kappa shape index (κ2) is 8.38. The molecule has 1 aromatic heterocycles. The van der Waals surface area contributed by atoms with E-state index < -0.39 is 0 Å². The van der Waals surface area contributed by atoms with E-state index in [1.54, 1.807) is 0 Å². The van der Waals surface area contributed by atoms with Crippen LogP contribution in [0.2, 0.25) is 0 Å². The normalized spacial score (nSPS) is 16.8.